The number of aliphatic hydroxyl groups excluding tert-OH is 1. The summed E-state index contributed by atoms with van der Waals surface area (Å²) in [5.41, 5.74) is 6.41. The van der Waals surface area contributed by atoms with Crippen LogP contribution in [0.25, 0.3) is 11.1 Å². The summed E-state index contributed by atoms with van der Waals surface area (Å²) in [6.45, 7) is 0.982. The summed E-state index contributed by atoms with van der Waals surface area (Å²) in [7, 11) is 3.67. The average molecular weight is 447 g/mol. The van der Waals surface area contributed by atoms with Crippen molar-refractivity contribution in [2.24, 2.45) is 9.98 Å². The molecule has 0 radical (unpaired) electrons. The fourth-order valence-electron chi connectivity index (χ4n) is 3.50. The van der Waals surface area contributed by atoms with Crippen molar-refractivity contribution in [2.75, 3.05) is 39.2 Å². The van der Waals surface area contributed by atoms with Gasteiger partial charge in [-0.25, -0.2) is 4.98 Å². The number of aliphatic imine (C=N–C) groups is 2. The lowest BCUT2D eigenvalue weighted by molar-refractivity contribution is 0.201. The van der Waals surface area contributed by atoms with E-state index >= 15 is 0 Å². The molecule has 0 unspecified atom stereocenters. The minimum absolute atomic E-state index is 0.0132. The van der Waals surface area contributed by atoms with Crippen molar-refractivity contribution in [1.29, 1.82) is 0 Å². The monoisotopic (exact) mass is 446 g/mol. The van der Waals surface area contributed by atoms with E-state index < -0.39 is 0 Å². The Kier molecular flexibility index (Phi) is 7.19. The zero-order chi connectivity index (χ0) is 22.3. The van der Waals surface area contributed by atoms with Crippen molar-refractivity contribution < 1.29 is 9.84 Å². The predicted molar refractivity (Wildman–Crippen MR) is 133 cm³/mol. The molecule has 6 nitrogen and oxygen atoms in total. The first kappa shape index (κ1) is 22.0. The lowest BCUT2D eigenvalue weighted by Crippen LogP contribution is -2.09. The van der Waals surface area contributed by atoms with Crippen molar-refractivity contribution in [1.82, 2.24) is 4.98 Å². The summed E-state index contributed by atoms with van der Waals surface area (Å²) in [6, 6.07) is 18.3. The van der Waals surface area contributed by atoms with Gasteiger partial charge in [-0.2, -0.15) is 0 Å². The van der Waals surface area contributed by atoms with E-state index in [9.17, 15) is 0 Å². The molecule has 1 aliphatic heterocycles. The van der Waals surface area contributed by atoms with Gasteiger partial charge in [0.1, 0.15) is 23.2 Å². The van der Waals surface area contributed by atoms with Crippen LogP contribution in [-0.2, 0) is 5.75 Å². The molecule has 0 saturated carbocycles. The van der Waals surface area contributed by atoms with Gasteiger partial charge in [-0.3, -0.25) is 9.98 Å². The first-order valence-corrected chi connectivity index (χ1v) is 11.5. The van der Waals surface area contributed by atoms with Crippen molar-refractivity contribution in [3.8, 4) is 16.9 Å². The van der Waals surface area contributed by atoms with Gasteiger partial charge in [-0.1, -0.05) is 42.5 Å². The van der Waals surface area contributed by atoms with Gasteiger partial charge in [-0.05, 0) is 23.3 Å². The van der Waals surface area contributed by atoms with E-state index in [4.69, 9.17) is 14.8 Å². The molecule has 3 aromatic rings. The largest absolute Gasteiger partial charge is 0.491 e. The van der Waals surface area contributed by atoms with Crippen LogP contribution in [0.1, 0.15) is 16.7 Å². The van der Waals surface area contributed by atoms with Gasteiger partial charge in [0.15, 0.2) is 0 Å². The molecule has 0 atom stereocenters. The Labute approximate surface area is 192 Å². The van der Waals surface area contributed by atoms with Gasteiger partial charge in [0, 0.05) is 42.8 Å². The summed E-state index contributed by atoms with van der Waals surface area (Å²) < 4.78 is 5.54. The minimum Gasteiger partial charge on any atom is -0.491 e. The predicted octanol–water partition coefficient (Wildman–Crippen LogP) is 4.31. The van der Waals surface area contributed by atoms with E-state index in [2.05, 4.69) is 39.6 Å². The molecule has 32 heavy (non-hydrogen) atoms. The highest BCUT2D eigenvalue weighted by atomic mass is 32.2. The van der Waals surface area contributed by atoms with Gasteiger partial charge < -0.3 is 15.2 Å². The van der Waals surface area contributed by atoms with Gasteiger partial charge in [0.05, 0.1) is 18.9 Å². The number of hydrogen-bond donors (Lipinski definition) is 2. The highest BCUT2D eigenvalue weighted by Gasteiger charge is 2.27. The molecule has 1 aromatic heterocycles. The Balaban J connectivity index is 1.81. The maximum absolute atomic E-state index is 9.01. The molecular weight excluding hydrogens is 420 g/mol. The molecule has 1 aliphatic rings. The maximum Gasteiger partial charge on any atom is 0.136 e. The number of thioether (sulfide) groups is 1. The van der Waals surface area contributed by atoms with Gasteiger partial charge >= 0.3 is 0 Å². The van der Waals surface area contributed by atoms with Crippen LogP contribution in [0.5, 0.6) is 5.75 Å². The third-order valence-corrected chi connectivity index (χ3v) is 6.08. The molecule has 0 aliphatic carbocycles. The Morgan fingerprint density at radius 1 is 1.12 bits per heavy atom. The second kappa shape index (κ2) is 10.4. The van der Waals surface area contributed by atoms with Crippen LogP contribution in [0.15, 0.2) is 69.6 Å². The summed E-state index contributed by atoms with van der Waals surface area (Å²) in [4.78, 5) is 13.8. The van der Waals surface area contributed by atoms with E-state index in [1.165, 1.54) is 5.56 Å². The number of rotatable bonds is 10. The second-order valence-corrected chi connectivity index (χ2v) is 8.16. The zero-order valence-corrected chi connectivity index (χ0v) is 19.0. The number of nitrogens with zero attached hydrogens (tertiary/aromatic N) is 3. The highest BCUT2D eigenvalue weighted by Crippen LogP contribution is 2.39. The first-order chi connectivity index (χ1) is 15.7. The van der Waals surface area contributed by atoms with Crippen LogP contribution in [-0.4, -0.2) is 55.9 Å². The molecule has 2 aromatic carbocycles. The van der Waals surface area contributed by atoms with Gasteiger partial charge in [-0.15, -0.1) is 11.8 Å². The SMILES string of the molecule is CN=Cc1c(SCc2ccccc2)nc(NC)c(C2=NC2)c1-c1ccc(OCCO)cc1. The summed E-state index contributed by atoms with van der Waals surface area (Å²) >= 11 is 1.70. The molecule has 7 heteroatoms. The number of nitrogens with one attached hydrogen (secondary N) is 1. The highest BCUT2D eigenvalue weighted by molar-refractivity contribution is 7.98. The Morgan fingerprint density at radius 2 is 1.88 bits per heavy atom. The molecule has 4 rings (SSSR count). The lowest BCUT2D eigenvalue weighted by Gasteiger charge is -2.18. The fourth-order valence-corrected chi connectivity index (χ4v) is 4.47. The van der Waals surface area contributed by atoms with Gasteiger partial charge in [0.2, 0.25) is 0 Å². The van der Waals surface area contributed by atoms with Crippen LogP contribution in [0.2, 0.25) is 0 Å². The smallest absolute Gasteiger partial charge is 0.136 e. The van der Waals surface area contributed by atoms with E-state index in [1.54, 1.807) is 18.8 Å². The molecule has 2 N–H and O–H groups in total. The third kappa shape index (κ3) is 5.00. The van der Waals surface area contributed by atoms with Crippen LogP contribution in [0.4, 0.5) is 5.82 Å². The third-order valence-electron chi connectivity index (χ3n) is 5.02. The van der Waals surface area contributed by atoms with E-state index in [0.717, 1.165) is 56.9 Å². The summed E-state index contributed by atoms with van der Waals surface area (Å²) in [6.07, 6.45) is 1.89. The maximum atomic E-state index is 9.01. The summed E-state index contributed by atoms with van der Waals surface area (Å²) in [5, 5.41) is 13.2. The number of ether oxygens (including phenoxy) is 1. The molecule has 0 amide bonds. The molecule has 0 saturated heterocycles. The topological polar surface area (TPSA) is 79.1 Å². The fraction of sp³-hybridized carbons (Fsp3) is 0.240. The molecule has 0 bridgehead atoms. The number of hydrogen-bond acceptors (Lipinski definition) is 7. The lowest BCUT2D eigenvalue weighted by atomic mass is 9.94. The molecular formula is C25H26N4O2S. The van der Waals surface area contributed by atoms with Crippen LogP contribution < -0.4 is 10.1 Å². The first-order valence-electron chi connectivity index (χ1n) is 10.5. The van der Waals surface area contributed by atoms with Gasteiger partial charge in [0.25, 0.3) is 0 Å². The quantitative estimate of drug-likeness (QED) is 0.358. The van der Waals surface area contributed by atoms with Crippen molar-refractivity contribution >= 4 is 29.5 Å². The minimum atomic E-state index is -0.0132. The number of pyridine rings is 1. The Morgan fingerprint density at radius 3 is 2.50 bits per heavy atom. The number of aliphatic hydroxyl groups is 1. The van der Waals surface area contributed by atoms with Crippen LogP contribution >= 0.6 is 11.8 Å². The summed E-state index contributed by atoms with van der Waals surface area (Å²) in [5.74, 6) is 2.36. The van der Waals surface area contributed by atoms with Crippen LogP contribution in [0.3, 0.4) is 0 Å². The number of anilines is 1. The van der Waals surface area contributed by atoms with Crippen LogP contribution in [0, 0.1) is 0 Å². The number of aromatic nitrogens is 1. The van der Waals surface area contributed by atoms with E-state index in [1.807, 2.05) is 43.6 Å². The van der Waals surface area contributed by atoms with Crippen molar-refractivity contribution in [3.63, 3.8) is 0 Å². The van der Waals surface area contributed by atoms with Crippen molar-refractivity contribution in [3.05, 3.63) is 71.3 Å². The molecule has 2 heterocycles. The molecule has 164 valence electrons. The Hall–Kier alpha value is -3.16. The number of benzene rings is 2. The Bertz CT molecular complexity index is 1130. The average Bonchev–Trinajstić information content (AvgIpc) is 3.68. The van der Waals surface area contributed by atoms with E-state index in [-0.39, 0.29) is 13.2 Å². The second-order valence-electron chi connectivity index (χ2n) is 7.20. The standard InChI is InChI=1S/C25H26N4O2S/c1-26-14-20-22(18-8-10-19(11-9-18)31-13-12-30)23(21-15-28-21)24(27-2)29-25(20)32-16-17-6-4-3-5-7-17/h3-11,14,30H,12-13,15-16H2,1-2H3,(H,27,29). The molecule has 0 fully saturated rings. The zero-order valence-electron chi connectivity index (χ0n) is 18.2. The molecule has 0 spiro atoms. The normalized spacial score (nSPS) is 12.7. The van der Waals surface area contributed by atoms with E-state index in [0.29, 0.717) is 0 Å². The van der Waals surface area contributed by atoms with Crippen molar-refractivity contribution in [2.45, 2.75) is 10.8 Å².